The molecule has 1 rings (SSSR count). The molecule has 0 aliphatic carbocycles. The van der Waals surface area contributed by atoms with Crippen molar-refractivity contribution in [3.05, 3.63) is 60.1 Å². The number of esters is 1. The number of allylic oxidation sites excluding steroid dienone is 3. The third-order valence-corrected chi connectivity index (χ3v) is 5.71. The predicted octanol–water partition coefficient (Wildman–Crippen LogP) is 3.85. The number of carbonyl (C=O) groups excluding carboxylic acids is 3. The minimum atomic E-state index is -0.779. The zero-order chi connectivity index (χ0) is 28.7. The molecular weight excluding hydrogens is 484 g/mol. The van der Waals surface area contributed by atoms with Gasteiger partial charge in [-0.05, 0) is 56.0 Å². The van der Waals surface area contributed by atoms with E-state index >= 15 is 0 Å². The molecule has 0 fully saturated rings. The molecule has 0 aromatic heterocycles. The summed E-state index contributed by atoms with van der Waals surface area (Å²) in [5.74, 6) is 4.67. The summed E-state index contributed by atoms with van der Waals surface area (Å²) in [6.45, 7) is 11.2. The molecule has 4 atom stereocenters. The Labute approximate surface area is 226 Å². The summed E-state index contributed by atoms with van der Waals surface area (Å²) < 4.78 is 10.4. The predicted molar refractivity (Wildman–Crippen MR) is 148 cm³/mol. The molecule has 8 heteroatoms. The number of nitrogens with one attached hydrogen (secondary N) is 2. The number of methoxy groups -OCH3 is 1. The van der Waals surface area contributed by atoms with Crippen molar-refractivity contribution in [3.63, 3.8) is 0 Å². The van der Waals surface area contributed by atoms with Gasteiger partial charge in [-0.2, -0.15) is 0 Å². The fraction of sp³-hybridized carbons (Fsp3) is 0.500. The SMILES string of the molecule is C/C=C\C[C@H](O)C/C=C\NC(=O)C(NC(=O)/C=C\C#C/C(C)=C/[C@H](C)[C@@H]1CC=C(OC)C(=O)O1)C(C)(C)C. The van der Waals surface area contributed by atoms with E-state index in [0.717, 1.165) is 5.57 Å². The summed E-state index contributed by atoms with van der Waals surface area (Å²) in [6.07, 6.45) is 14.0. The first kappa shape index (κ1) is 32.5. The molecular formula is C30H42N2O6. The third-order valence-electron chi connectivity index (χ3n) is 5.71. The van der Waals surface area contributed by atoms with Gasteiger partial charge < -0.3 is 25.2 Å². The summed E-state index contributed by atoms with van der Waals surface area (Å²) in [5, 5.41) is 15.3. The number of rotatable bonds is 11. The highest BCUT2D eigenvalue weighted by Gasteiger charge is 2.32. The minimum absolute atomic E-state index is 0.0493. The molecule has 3 N–H and O–H groups in total. The van der Waals surface area contributed by atoms with Gasteiger partial charge in [0.2, 0.25) is 11.8 Å². The lowest BCUT2D eigenvalue weighted by molar-refractivity contribution is -0.151. The second kappa shape index (κ2) is 16.3. The molecule has 1 unspecified atom stereocenters. The molecule has 38 heavy (non-hydrogen) atoms. The maximum atomic E-state index is 12.7. The summed E-state index contributed by atoms with van der Waals surface area (Å²) in [4.78, 5) is 37.0. The van der Waals surface area contributed by atoms with Gasteiger partial charge in [0, 0.05) is 18.4 Å². The monoisotopic (exact) mass is 526 g/mol. The Hall–Kier alpha value is -3.57. The van der Waals surface area contributed by atoms with Gasteiger partial charge in [-0.15, -0.1) is 0 Å². The molecule has 0 radical (unpaired) electrons. The van der Waals surface area contributed by atoms with Gasteiger partial charge in [-0.1, -0.05) is 63.8 Å². The number of amides is 2. The van der Waals surface area contributed by atoms with Crippen LogP contribution in [0.25, 0.3) is 0 Å². The Bertz CT molecular complexity index is 1030. The van der Waals surface area contributed by atoms with E-state index in [1.165, 1.54) is 25.5 Å². The van der Waals surface area contributed by atoms with Crippen LogP contribution < -0.4 is 10.6 Å². The Kier molecular flexibility index (Phi) is 13.9. The molecule has 0 saturated carbocycles. The number of hydrogen-bond acceptors (Lipinski definition) is 6. The molecule has 1 aliphatic rings. The molecule has 1 aliphatic heterocycles. The van der Waals surface area contributed by atoms with E-state index in [0.29, 0.717) is 19.3 Å². The molecule has 0 spiro atoms. The number of hydrogen-bond donors (Lipinski definition) is 3. The number of aliphatic hydroxyl groups is 1. The Balaban J connectivity index is 2.67. The first-order valence-corrected chi connectivity index (χ1v) is 12.8. The van der Waals surface area contributed by atoms with Gasteiger partial charge in [0.25, 0.3) is 0 Å². The van der Waals surface area contributed by atoms with Crippen LogP contribution in [0.4, 0.5) is 0 Å². The van der Waals surface area contributed by atoms with Crippen LogP contribution in [-0.2, 0) is 23.9 Å². The average Bonchev–Trinajstić information content (AvgIpc) is 2.85. The molecule has 208 valence electrons. The Morgan fingerprint density at radius 2 is 1.97 bits per heavy atom. The lowest BCUT2D eigenvalue weighted by Crippen LogP contribution is -2.52. The van der Waals surface area contributed by atoms with E-state index in [-0.39, 0.29) is 23.7 Å². The second-order valence-electron chi connectivity index (χ2n) is 10.2. The van der Waals surface area contributed by atoms with E-state index < -0.39 is 29.4 Å². The normalized spacial score (nSPS) is 18.8. The minimum Gasteiger partial charge on any atom is -0.490 e. The lowest BCUT2D eigenvalue weighted by Gasteiger charge is -2.29. The molecule has 8 nitrogen and oxygen atoms in total. The largest absolute Gasteiger partial charge is 0.490 e. The van der Waals surface area contributed by atoms with E-state index in [2.05, 4.69) is 22.5 Å². The van der Waals surface area contributed by atoms with Crippen LogP contribution in [-0.4, -0.2) is 48.2 Å². The average molecular weight is 527 g/mol. The number of cyclic esters (lactones) is 1. The van der Waals surface area contributed by atoms with Crippen LogP contribution in [0, 0.1) is 23.2 Å². The molecule has 0 aromatic carbocycles. The van der Waals surface area contributed by atoms with Crippen LogP contribution in [0.5, 0.6) is 0 Å². The first-order chi connectivity index (χ1) is 17.9. The number of carbonyl (C=O) groups is 3. The molecule has 0 aromatic rings. The van der Waals surface area contributed by atoms with Crippen molar-refractivity contribution in [2.75, 3.05) is 7.11 Å². The highest BCUT2D eigenvalue weighted by atomic mass is 16.6. The molecule has 1 heterocycles. The smallest absolute Gasteiger partial charge is 0.373 e. The van der Waals surface area contributed by atoms with Gasteiger partial charge in [0.15, 0.2) is 5.76 Å². The van der Waals surface area contributed by atoms with E-state index in [9.17, 15) is 19.5 Å². The highest BCUT2D eigenvalue weighted by molar-refractivity contribution is 5.93. The van der Waals surface area contributed by atoms with E-state index in [1.807, 2.05) is 59.8 Å². The summed E-state index contributed by atoms with van der Waals surface area (Å²) in [6, 6.07) is -0.779. The fourth-order valence-corrected chi connectivity index (χ4v) is 3.56. The highest BCUT2D eigenvalue weighted by Crippen LogP contribution is 2.22. The van der Waals surface area contributed by atoms with Crippen molar-refractivity contribution < 1.29 is 29.0 Å². The number of ether oxygens (including phenoxy) is 2. The zero-order valence-electron chi connectivity index (χ0n) is 23.5. The second-order valence-corrected chi connectivity index (χ2v) is 10.2. The topological polar surface area (TPSA) is 114 Å². The Morgan fingerprint density at radius 3 is 2.58 bits per heavy atom. The first-order valence-electron chi connectivity index (χ1n) is 12.8. The van der Waals surface area contributed by atoms with Crippen LogP contribution in [0.15, 0.2) is 60.1 Å². The van der Waals surface area contributed by atoms with Gasteiger partial charge in [-0.3, -0.25) is 9.59 Å². The third kappa shape index (κ3) is 12.1. The quantitative estimate of drug-likeness (QED) is 0.163. The van der Waals surface area contributed by atoms with E-state index in [4.69, 9.17) is 9.47 Å². The van der Waals surface area contributed by atoms with Crippen molar-refractivity contribution in [2.24, 2.45) is 11.3 Å². The zero-order valence-corrected chi connectivity index (χ0v) is 23.5. The summed E-state index contributed by atoms with van der Waals surface area (Å²) in [7, 11) is 1.43. The lowest BCUT2D eigenvalue weighted by atomic mass is 9.86. The Morgan fingerprint density at radius 1 is 1.29 bits per heavy atom. The van der Waals surface area contributed by atoms with Crippen LogP contribution in [0.1, 0.15) is 60.8 Å². The van der Waals surface area contributed by atoms with Crippen molar-refractivity contribution in [1.82, 2.24) is 10.6 Å². The maximum Gasteiger partial charge on any atom is 0.373 e. The van der Waals surface area contributed by atoms with Crippen molar-refractivity contribution in [2.45, 2.75) is 79.1 Å². The van der Waals surface area contributed by atoms with E-state index in [1.54, 1.807) is 12.2 Å². The van der Waals surface area contributed by atoms with Gasteiger partial charge in [-0.25, -0.2) is 4.79 Å². The molecule has 0 saturated heterocycles. The van der Waals surface area contributed by atoms with Gasteiger partial charge in [0.05, 0.1) is 13.2 Å². The van der Waals surface area contributed by atoms with Crippen molar-refractivity contribution >= 4 is 17.8 Å². The van der Waals surface area contributed by atoms with Crippen LogP contribution in [0.2, 0.25) is 0 Å². The molecule has 0 bridgehead atoms. The molecule has 2 amide bonds. The summed E-state index contributed by atoms with van der Waals surface area (Å²) in [5.41, 5.74) is 0.241. The fourth-order valence-electron chi connectivity index (χ4n) is 3.56. The van der Waals surface area contributed by atoms with Crippen molar-refractivity contribution in [1.29, 1.82) is 0 Å². The van der Waals surface area contributed by atoms with Crippen LogP contribution >= 0.6 is 0 Å². The summed E-state index contributed by atoms with van der Waals surface area (Å²) >= 11 is 0. The van der Waals surface area contributed by atoms with Gasteiger partial charge in [0.1, 0.15) is 12.1 Å². The van der Waals surface area contributed by atoms with Crippen LogP contribution in [0.3, 0.4) is 0 Å². The number of aliphatic hydroxyl groups excluding tert-OH is 1. The maximum absolute atomic E-state index is 12.7. The van der Waals surface area contributed by atoms with Crippen molar-refractivity contribution in [3.8, 4) is 11.8 Å². The van der Waals surface area contributed by atoms with Gasteiger partial charge >= 0.3 is 5.97 Å². The standard InChI is InChI=1S/C30H42N2O6/c1-8-9-14-23(33)15-12-19-31-28(35)27(30(4,5)6)32-26(34)16-11-10-13-21(2)20-22(3)24-17-18-25(37-7)29(36)38-24/h8-9,11-12,16,18-20,22-24,27,33H,14-15,17H2,1-7H3,(H,31,35)(H,32,34)/b9-8-,16-11-,19-12-,21-20+/t22-,23-,24-,27?/m0/s1.